The van der Waals surface area contributed by atoms with Gasteiger partial charge < -0.3 is 25.6 Å². The number of nitrogens with zero attached hydrogens (tertiary/aromatic N) is 2. The predicted molar refractivity (Wildman–Crippen MR) is 118 cm³/mol. The number of aliphatic hydroxyl groups is 2. The van der Waals surface area contributed by atoms with E-state index >= 15 is 0 Å². The molecule has 33 heavy (non-hydrogen) atoms. The summed E-state index contributed by atoms with van der Waals surface area (Å²) in [7, 11) is 0. The summed E-state index contributed by atoms with van der Waals surface area (Å²) < 4.78 is 16.1. The van der Waals surface area contributed by atoms with E-state index in [0.717, 1.165) is 22.1 Å². The molecule has 3 aromatic rings. The van der Waals surface area contributed by atoms with Crippen molar-refractivity contribution in [2.24, 2.45) is 5.73 Å². The quantitative estimate of drug-likeness (QED) is 0.371. The lowest BCUT2D eigenvalue weighted by molar-refractivity contribution is -0.160. The van der Waals surface area contributed by atoms with Crippen molar-refractivity contribution in [3.05, 3.63) is 61.7 Å². The number of nitrogens with two attached hydrogens (primary N) is 1. The summed E-state index contributed by atoms with van der Waals surface area (Å²) in [6.07, 6.45) is 1.04. The zero-order chi connectivity index (χ0) is 23.8. The Bertz CT molecular complexity index is 1430. The molecule has 0 bridgehead atoms. The number of rotatable bonds is 4. The van der Waals surface area contributed by atoms with Crippen LogP contribution in [0.4, 0.5) is 4.39 Å². The van der Waals surface area contributed by atoms with Crippen molar-refractivity contribution in [3.8, 4) is 11.4 Å². The second-order valence-corrected chi connectivity index (χ2v) is 8.84. The molecule has 8 nitrogen and oxygen atoms in total. The second-order valence-electron chi connectivity index (χ2n) is 8.84. The average molecular weight is 453 g/mol. The second kappa shape index (κ2) is 7.18. The van der Waals surface area contributed by atoms with Crippen LogP contribution in [0.25, 0.3) is 22.3 Å². The minimum Gasteiger partial charge on any atom is -0.479 e. The van der Waals surface area contributed by atoms with Crippen LogP contribution in [0.3, 0.4) is 0 Å². The Balaban J connectivity index is 1.88. The summed E-state index contributed by atoms with van der Waals surface area (Å²) in [5.41, 5.74) is 7.32. The first-order chi connectivity index (χ1) is 15.6. The SMILES string of the molecule is CC[C@@](O)(C(=O)O)c1cc2n(c(=O)c1CO)Cc1c-2nc2cc(F)c(C)c3c2c1[C@@H](N)CC3. The van der Waals surface area contributed by atoms with Gasteiger partial charge in [0.1, 0.15) is 5.82 Å². The summed E-state index contributed by atoms with van der Waals surface area (Å²) in [4.78, 5) is 29.9. The lowest BCUT2D eigenvalue weighted by atomic mass is 9.82. The van der Waals surface area contributed by atoms with E-state index in [9.17, 15) is 29.3 Å². The van der Waals surface area contributed by atoms with Gasteiger partial charge in [0.05, 0.1) is 30.1 Å². The molecular weight excluding hydrogens is 429 g/mol. The third-order valence-corrected chi connectivity index (χ3v) is 7.25. The maximum atomic E-state index is 14.7. The number of carboxylic acid groups (broad SMARTS) is 1. The highest BCUT2D eigenvalue weighted by Gasteiger charge is 2.41. The molecule has 0 saturated heterocycles. The van der Waals surface area contributed by atoms with Gasteiger partial charge in [-0.2, -0.15) is 0 Å². The minimum absolute atomic E-state index is 0.149. The van der Waals surface area contributed by atoms with Crippen molar-refractivity contribution in [2.75, 3.05) is 0 Å². The van der Waals surface area contributed by atoms with Gasteiger partial charge in [0.2, 0.25) is 0 Å². The predicted octanol–water partition coefficient (Wildman–Crippen LogP) is 1.99. The Morgan fingerprint density at radius 2 is 2.09 bits per heavy atom. The molecule has 0 fully saturated rings. The minimum atomic E-state index is -2.35. The Morgan fingerprint density at radius 3 is 2.73 bits per heavy atom. The van der Waals surface area contributed by atoms with Gasteiger partial charge in [-0.1, -0.05) is 6.92 Å². The molecule has 9 heteroatoms. The number of pyridine rings is 2. The van der Waals surface area contributed by atoms with Crippen molar-refractivity contribution in [3.63, 3.8) is 0 Å². The molecule has 0 amide bonds. The van der Waals surface area contributed by atoms with Gasteiger partial charge in [0.25, 0.3) is 5.56 Å². The summed E-state index contributed by atoms with van der Waals surface area (Å²) in [6.45, 7) is 2.64. The van der Waals surface area contributed by atoms with Gasteiger partial charge in [-0.3, -0.25) is 4.79 Å². The fourth-order valence-electron chi connectivity index (χ4n) is 5.36. The van der Waals surface area contributed by atoms with E-state index in [0.29, 0.717) is 35.3 Å². The van der Waals surface area contributed by atoms with E-state index in [1.807, 2.05) is 0 Å². The van der Waals surface area contributed by atoms with Crippen molar-refractivity contribution < 1.29 is 24.5 Å². The van der Waals surface area contributed by atoms with Crippen LogP contribution in [0.5, 0.6) is 0 Å². The van der Waals surface area contributed by atoms with Gasteiger partial charge in [-0.15, -0.1) is 0 Å². The third kappa shape index (κ3) is 2.76. The number of benzene rings is 1. The number of halogens is 1. The standard InChI is InChI=1S/C24H24FN3O5/c1-3-24(33,23(31)32)14-6-18-21-12(8-28(18)22(30)13(14)9-29)19-16(26)5-4-11-10(2)15(25)7-17(27-21)20(11)19/h6-7,16,29,33H,3-5,8-9,26H2,1-2H3,(H,31,32)/t16-,24-/m0/s1. The third-order valence-electron chi connectivity index (χ3n) is 7.25. The number of aryl methyl sites for hydroxylation is 1. The van der Waals surface area contributed by atoms with Crippen molar-refractivity contribution in [2.45, 2.75) is 57.9 Å². The molecule has 0 saturated carbocycles. The topological polar surface area (TPSA) is 139 Å². The summed E-state index contributed by atoms with van der Waals surface area (Å²) in [6, 6.07) is 2.44. The fourth-order valence-corrected chi connectivity index (χ4v) is 5.36. The highest BCUT2D eigenvalue weighted by Crippen LogP contribution is 2.44. The lowest BCUT2D eigenvalue weighted by Gasteiger charge is -2.26. The Hall–Kier alpha value is -3.14. The van der Waals surface area contributed by atoms with Gasteiger partial charge >= 0.3 is 5.97 Å². The fraction of sp³-hybridized carbons (Fsp3) is 0.375. The first-order valence-corrected chi connectivity index (χ1v) is 10.9. The molecular formula is C24H24FN3O5. The molecule has 3 heterocycles. The molecule has 1 aliphatic carbocycles. The van der Waals surface area contributed by atoms with Gasteiger partial charge in [0, 0.05) is 34.2 Å². The number of hydrogen-bond donors (Lipinski definition) is 4. The molecule has 0 radical (unpaired) electrons. The highest BCUT2D eigenvalue weighted by molar-refractivity contribution is 5.93. The van der Waals surface area contributed by atoms with Crippen molar-refractivity contribution >= 4 is 16.9 Å². The van der Waals surface area contributed by atoms with Crippen LogP contribution in [0.15, 0.2) is 16.9 Å². The van der Waals surface area contributed by atoms with Crippen LogP contribution in [-0.2, 0) is 30.0 Å². The summed E-state index contributed by atoms with van der Waals surface area (Å²) >= 11 is 0. The zero-order valence-electron chi connectivity index (χ0n) is 18.3. The number of carboxylic acids is 1. The van der Waals surface area contributed by atoms with Gasteiger partial charge in [0.15, 0.2) is 5.60 Å². The first kappa shape index (κ1) is 21.7. The average Bonchev–Trinajstić information content (AvgIpc) is 3.16. The van der Waals surface area contributed by atoms with Crippen LogP contribution in [0, 0.1) is 12.7 Å². The smallest absolute Gasteiger partial charge is 0.340 e. The van der Waals surface area contributed by atoms with Crippen molar-refractivity contribution in [1.29, 1.82) is 0 Å². The van der Waals surface area contributed by atoms with E-state index < -0.39 is 23.7 Å². The molecule has 2 atom stereocenters. The largest absolute Gasteiger partial charge is 0.479 e. The Labute approximate surface area is 188 Å². The van der Waals surface area contributed by atoms with Gasteiger partial charge in [-0.25, -0.2) is 14.2 Å². The molecule has 2 aromatic heterocycles. The van der Waals surface area contributed by atoms with E-state index in [1.165, 1.54) is 23.6 Å². The number of carbonyl (C=O) groups is 1. The number of fused-ring (bicyclic) bond motifs is 4. The van der Waals surface area contributed by atoms with E-state index in [1.54, 1.807) is 6.92 Å². The van der Waals surface area contributed by atoms with Gasteiger partial charge in [-0.05, 0) is 48.9 Å². The van der Waals surface area contributed by atoms with Crippen LogP contribution in [0.1, 0.15) is 59.2 Å². The maximum Gasteiger partial charge on any atom is 0.340 e. The van der Waals surface area contributed by atoms with Crippen LogP contribution in [0.2, 0.25) is 0 Å². The molecule has 172 valence electrons. The number of hydrogen-bond acceptors (Lipinski definition) is 6. The highest BCUT2D eigenvalue weighted by atomic mass is 19.1. The lowest BCUT2D eigenvalue weighted by Crippen LogP contribution is -2.39. The molecule has 0 unspecified atom stereocenters. The maximum absolute atomic E-state index is 14.7. The summed E-state index contributed by atoms with van der Waals surface area (Å²) in [5.74, 6) is -1.89. The van der Waals surface area contributed by atoms with Crippen LogP contribution < -0.4 is 11.3 Å². The monoisotopic (exact) mass is 453 g/mol. The molecule has 5 rings (SSSR count). The molecule has 0 spiro atoms. The molecule has 1 aromatic carbocycles. The number of aromatic nitrogens is 2. The summed E-state index contributed by atoms with van der Waals surface area (Å²) in [5, 5.41) is 31.2. The molecule has 5 N–H and O–H groups in total. The van der Waals surface area contributed by atoms with E-state index in [-0.39, 0.29) is 36.0 Å². The van der Waals surface area contributed by atoms with Crippen molar-refractivity contribution in [1.82, 2.24) is 9.55 Å². The number of aliphatic carboxylic acids is 1. The molecule has 2 aliphatic rings. The molecule has 1 aliphatic heterocycles. The van der Waals surface area contributed by atoms with Crippen LogP contribution >= 0.6 is 0 Å². The Morgan fingerprint density at radius 1 is 1.36 bits per heavy atom. The van der Waals surface area contributed by atoms with E-state index in [2.05, 4.69) is 4.98 Å². The van der Waals surface area contributed by atoms with Crippen LogP contribution in [-0.4, -0.2) is 30.8 Å². The normalized spacial score (nSPS) is 18.2. The number of aliphatic hydroxyl groups excluding tert-OH is 1. The van der Waals surface area contributed by atoms with E-state index in [4.69, 9.17) is 5.73 Å². The first-order valence-electron chi connectivity index (χ1n) is 10.9. The zero-order valence-corrected chi connectivity index (χ0v) is 18.3. The Kier molecular flexibility index (Phi) is 4.72.